The molecular formula is C30H36ClF2N3O3. The van der Waals surface area contributed by atoms with E-state index in [9.17, 15) is 18.4 Å². The van der Waals surface area contributed by atoms with Gasteiger partial charge in [-0.2, -0.15) is 0 Å². The maximum absolute atomic E-state index is 14.0. The zero-order valence-electron chi connectivity index (χ0n) is 22.1. The smallest absolute Gasteiger partial charge is 0.414 e. The third kappa shape index (κ3) is 8.23. The van der Waals surface area contributed by atoms with Crippen LogP contribution < -0.4 is 10.2 Å². The van der Waals surface area contributed by atoms with Crippen LogP contribution in [0.25, 0.3) is 11.3 Å². The molecule has 1 atom stereocenters. The summed E-state index contributed by atoms with van der Waals surface area (Å²) in [5.74, 6) is -0.475. The van der Waals surface area contributed by atoms with Crippen LogP contribution in [-0.4, -0.2) is 36.2 Å². The molecule has 39 heavy (non-hydrogen) atoms. The summed E-state index contributed by atoms with van der Waals surface area (Å²) >= 11 is 6.03. The molecule has 2 aromatic carbocycles. The zero-order chi connectivity index (χ0) is 28.0. The maximum atomic E-state index is 14.0. The highest BCUT2D eigenvalue weighted by Crippen LogP contribution is 2.29. The lowest BCUT2D eigenvalue weighted by molar-refractivity contribution is -0.119. The Bertz CT molecular complexity index is 1300. The van der Waals surface area contributed by atoms with Crippen LogP contribution >= 0.6 is 11.6 Å². The highest BCUT2D eigenvalue weighted by atomic mass is 35.5. The molecule has 1 aliphatic heterocycles. The van der Waals surface area contributed by atoms with Crippen molar-refractivity contribution >= 4 is 29.3 Å². The quantitative estimate of drug-likeness (QED) is 0.336. The van der Waals surface area contributed by atoms with Crippen LogP contribution in [0.2, 0.25) is 5.02 Å². The Morgan fingerprint density at radius 1 is 1.08 bits per heavy atom. The number of hydrogen-bond donors (Lipinski definition) is 1. The van der Waals surface area contributed by atoms with E-state index in [1.54, 1.807) is 36.5 Å². The molecule has 0 spiro atoms. The highest BCUT2D eigenvalue weighted by Gasteiger charge is 2.32. The number of hydrogen-bond acceptors (Lipinski definition) is 4. The number of pyridine rings is 1. The fourth-order valence-electron chi connectivity index (χ4n) is 3.99. The summed E-state index contributed by atoms with van der Waals surface area (Å²) in [7, 11) is 0. The normalized spacial score (nSPS) is 14.5. The number of benzene rings is 2. The first-order valence-electron chi connectivity index (χ1n) is 12.4. The highest BCUT2D eigenvalue weighted by molar-refractivity contribution is 6.33. The summed E-state index contributed by atoms with van der Waals surface area (Å²) in [6, 6.07) is 13.4. The summed E-state index contributed by atoms with van der Waals surface area (Å²) in [5, 5.41) is 3.13. The number of nitrogens with one attached hydrogen (secondary N) is 1. The van der Waals surface area contributed by atoms with E-state index in [1.807, 2.05) is 33.8 Å². The van der Waals surface area contributed by atoms with Crippen LogP contribution in [0.3, 0.4) is 0 Å². The van der Waals surface area contributed by atoms with Gasteiger partial charge in [-0.1, -0.05) is 64.9 Å². The number of aromatic nitrogens is 1. The molecule has 0 bridgehead atoms. The number of carbonyl (C=O) groups is 2. The van der Waals surface area contributed by atoms with Crippen LogP contribution in [0.4, 0.5) is 19.3 Å². The van der Waals surface area contributed by atoms with E-state index in [4.69, 9.17) is 16.3 Å². The maximum Gasteiger partial charge on any atom is 0.414 e. The predicted molar refractivity (Wildman–Crippen MR) is 152 cm³/mol. The first-order chi connectivity index (χ1) is 18.0. The van der Waals surface area contributed by atoms with Crippen molar-refractivity contribution in [2.75, 3.05) is 18.0 Å². The van der Waals surface area contributed by atoms with Crippen LogP contribution in [0.15, 0.2) is 54.7 Å². The SMILES string of the molecule is C.CC(=O)NCC1CN(c2ccc(C(C)C)c(F)c2)C(=O)O1.CC(C)c1ccc(-c2ncccc2Cl)cc1F. The molecule has 0 aliphatic carbocycles. The van der Waals surface area contributed by atoms with Gasteiger partial charge in [0.05, 0.1) is 29.5 Å². The van der Waals surface area contributed by atoms with E-state index in [0.29, 0.717) is 39.6 Å². The number of cyclic esters (lactones) is 1. The molecule has 1 saturated heterocycles. The first-order valence-corrected chi connectivity index (χ1v) is 12.8. The van der Waals surface area contributed by atoms with E-state index < -0.39 is 12.2 Å². The van der Waals surface area contributed by atoms with Crippen LogP contribution in [-0.2, 0) is 9.53 Å². The van der Waals surface area contributed by atoms with E-state index >= 15 is 0 Å². The number of nitrogens with zero attached hydrogens (tertiary/aromatic N) is 2. The minimum Gasteiger partial charge on any atom is -0.442 e. The predicted octanol–water partition coefficient (Wildman–Crippen LogP) is 7.71. The van der Waals surface area contributed by atoms with E-state index in [-0.39, 0.29) is 43.3 Å². The van der Waals surface area contributed by atoms with Crippen molar-refractivity contribution in [2.24, 2.45) is 0 Å². The number of anilines is 1. The molecule has 2 amide bonds. The Labute approximate surface area is 234 Å². The van der Waals surface area contributed by atoms with Gasteiger partial charge in [-0.3, -0.25) is 14.7 Å². The van der Waals surface area contributed by atoms with Crippen molar-refractivity contribution in [1.82, 2.24) is 10.3 Å². The van der Waals surface area contributed by atoms with Crippen molar-refractivity contribution in [2.45, 2.75) is 60.0 Å². The third-order valence-corrected chi connectivity index (χ3v) is 6.33. The third-order valence-electron chi connectivity index (χ3n) is 6.02. The van der Waals surface area contributed by atoms with Gasteiger partial charge < -0.3 is 10.1 Å². The van der Waals surface area contributed by atoms with Gasteiger partial charge in [-0.05, 0) is 53.3 Å². The van der Waals surface area contributed by atoms with E-state index in [1.165, 1.54) is 24.0 Å². The largest absolute Gasteiger partial charge is 0.442 e. The first kappa shape index (κ1) is 31.7. The number of carbonyl (C=O) groups excluding carboxylic acids is 2. The second-order valence-electron chi connectivity index (χ2n) is 9.64. The van der Waals surface area contributed by atoms with Gasteiger partial charge in [-0.15, -0.1) is 0 Å². The van der Waals surface area contributed by atoms with Gasteiger partial charge in [0.2, 0.25) is 5.91 Å². The molecule has 0 saturated carbocycles. The van der Waals surface area contributed by atoms with Gasteiger partial charge in [0.25, 0.3) is 0 Å². The lowest BCUT2D eigenvalue weighted by atomic mass is 10.00. The second-order valence-corrected chi connectivity index (χ2v) is 10.0. The van der Waals surface area contributed by atoms with Gasteiger partial charge in [0.1, 0.15) is 17.7 Å². The minimum absolute atomic E-state index is 0. The molecule has 4 rings (SSSR count). The number of ether oxygens (including phenoxy) is 1. The summed E-state index contributed by atoms with van der Waals surface area (Å²) in [6.07, 6.45) is 0.700. The molecule has 210 valence electrons. The van der Waals surface area contributed by atoms with Gasteiger partial charge in [-0.25, -0.2) is 13.6 Å². The fraction of sp³-hybridized carbons (Fsp3) is 0.367. The average Bonchev–Trinajstić information content (AvgIpc) is 3.23. The molecule has 1 unspecified atom stereocenters. The van der Waals surface area contributed by atoms with E-state index in [0.717, 1.165) is 0 Å². The van der Waals surface area contributed by atoms with Gasteiger partial charge in [0, 0.05) is 18.7 Å². The molecule has 3 aromatic rings. The molecule has 1 fully saturated rings. The van der Waals surface area contributed by atoms with Crippen molar-refractivity contribution in [3.8, 4) is 11.3 Å². The molecule has 0 radical (unpaired) electrons. The van der Waals surface area contributed by atoms with Crippen molar-refractivity contribution in [3.05, 3.63) is 82.5 Å². The Balaban J connectivity index is 0.000000272. The summed E-state index contributed by atoms with van der Waals surface area (Å²) in [4.78, 5) is 28.2. The monoisotopic (exact) mass is 559 g/mol. The molecule has 2 heterocycles. The zero-order valence-corrected chi connectivity index (χ0v) is 22.9. The van der Waals surface area contributed by atoms with Crippen LogP contribution in [0, 0.1) is 11.6 Å². The number of halogens is 3. The van der Waals surface area contributed by atoms with Gasteiger partial charge in [0.15, 0.2) is 0 Å². The Morgan fingerprint density at radius 2 is 1.69 bits per heavy atom. The van der Waals surface area contributed by atoms with Crippen molar-refractivity contribution in [3.63, 3.8) is 0 Å². The Kier molecular flexibility index (Phi) is 11.4. The van der Waals surface area contributed by atoms with Crippen molar-refractivity contribution in [1.29, 1.82) is 0 Å². The summed E-state index contributed by atoms with van der Waals surface area (Å²) in [5.41, 5.74) is 3.11. The number of amides is 2. The molecule has 1 aliphatic rings. The van der Waals surface area contributed by atoms with E-state index in [2.05, 4.69) is 10.3 Å². The number of rotatable bonds is 6. The molecule has 1 aromatic heterocycles. The van der Waals surface area contributed by atoms with Crippen LogP contribution in [0.1, 0.15) is 65.0 Å². The minimum atomic E-state index is -0.526. The van der Waals surface area contributed by atoms with Gasteiger partial charge >= 0.3 is 6.09 Å². The second kappa shape index (κ2) is 14.0. The summed E-state index contributed by atoms with van der Waals surface area (Å²) < 4.78 is 33.0. The topological polar surface area (TPSA) is 71.5 Å². The lowest BCUT2D eigenvalue weighted by Crippen LogP contribution is -2.33. The molecule has 6 nitrogen and oxygen atoms in total. The fourth-order valence-corrected chi connectivity index (χ4v) is 4.22. The molecule has 1 N–H and O–H groups in total. The van der Waals surface area contributed by atoms with Crippen molar-refractivity contribution < 1.29 is 23.1 Å². The average molecular weight is 560 g/mol. The Morgan fingerprint density at radius 3 is 2.23 bits per heavy atom. The molecular weight excluding hydrogens is 524 g/mol. The lowest BCUT2D eigenvalue weighted by Gasteiger charge is -2.15. The standard InChI is InChI=1S/C15H19FN2O3.C14H13ClFN.CH4/c1-9(2)13-5-4-11(6-14(13)16)18-8-12(21-15(18)20)7-17-10(3)19;1-9(2)11-6-5-10(8-13(11)16)14-12(15)4-3-7-17-14;/h4-6,9,12H,7-8H2,1-3H3,(H,17,19);3-9H,1-2H3;1H4. The summed E-state index contributed by atoms with van der Waals surface area (Å²) in [6.45, 7) is 9.69. The molecule has 9 heteroatoms. The Hall–Kier alpha value is -3.52. The van der Waals surface area contributed by atoms with Crippen LogP contribution in [0.5, 0.6) is 0 Å².